The largest absolute Gasteiger partial charge is 0.373 e. The van der Waals surface area contributed by atoms with Gasteiger partial charge in [0.15, 0.2) is 10.8 Å². The summed E-state index contributed by atoms with van der Waals surface area (Å²) < 4.78 is 0. The number of hydrogen-bond acceptors (Lipinski definition) is 6. The smallest absolute Gasteiger partial charge is 0.279 e. The lowest BCUT2D eigenvalue weighted by Gasteiger charge is -2.08. The number of hydrogen-bond donors (Lipinski definition) is 2. The van der Waals surface area contributed by atoms with Gasteiger partial charge in [-0.05, 0) is 20.8 Å². The van der Waals surface area contributed by atoms with Gasteiger partial charge in [0.2, 0.25) is 0 Å². The molecule has 2 heterocycles. The molecular formula is C11H14N4OS2. The summed E-state index contributed by atoms with van der Waals surface area (Å²) in [5.41, 5.74) is 2.97. The molecule has 0 saturated heterocycles. The van der Waals surface area contributed by atoms with Crippen LogP contribution < -0.4 is 10.6 Å². The van der Waals surface area contributed by atoms with Gasteiger partial charge in [0.25, 0.3) is 5.91 Å². The molecule has 96 valence electrons. The number of carbonyl (C=O) groups excluding carboxylic acids is 1. The Balaban J connectivity index is 2.11. The summed E-state index contributed by atoms with van der Waals surface area (Å²) in [7, 11) is 0. The normalized spacial score (nSPS) is 10.7. The lowest BCUT2D eigenvalue weighted by atomic mass is 10.3. The first-order valence-corrected chi connectivity index (χ1v) is 7.25. The highest BCUT2D eigenvalue weighted by Crippen LogP contribution is 2.23. The molecule has 2 aromatic heterocycles. The van der Waals surface area contributed by atoms with Crippen molar-refractivity contribution in [3.63, 3.8) is 0 Å². The average Bonchev–Trinajstić information content (AvgIpc) is 2.87. The Morgan fingerprint density at radius 3 is 2.78 bits per heavy atom. The average molecular weight is 282 g/mol. The minimum absolute atomic E-state index is 0.228. The summed E-state index contributed by atoms with van der Waals surface area (Å²) in [6.07, 6.45) is 0. The van der Waals surface area contributed by atoms with Gasteiger partial charge in [-0.2, -0.15) is 0 Å². The van der Waals surface area contributed by atoms with Gasteiger partial charge in [0, 0.05) is 11.4 Å². The Morgan fingerprint density at radius 1 is 1.39 bits per heavy atom. The first kappa shape index (κ1) is 13.0. The predicted molar refractivity (Wildman–Crippen MR) is 75.7 cm³/mol. The van der Waals surface area contributed by atoms with E-state index in [0.717, 1.165) is 10.7 Å². The molecule has 0 bridgehead atoms. The van der Waals surface area contributed by atoms with Crippen LogP contribution in [0.3, 0.4) is 0 Å². The van der Waals surface area contributed by atoms with Gasteiger partial charge < -0.3 is 5.32 Å². The zero-order chi connectivity index (χ0) is 13.1. The van der Waals surface area contributed by atoms with E-state index in [2.05, 4.69) is 20.6 Å². The van der Waals surface area contributed by atoms with E-state index < -0.39 is 0 Å². The third kappa shape index (κ3) is 3.05. The van der Waals surface area contributed by atoms with Crippen LogP contribution in [0.5, 0.6) is 0 Å². The van der Waals surface area contributed by atoms with Crippen LogP contribution >= 0.6 is 22.7 Å². The number of thiazole rings is 2. The minimum Gasteiger partial charge on any atom is -0.373 e. The second-order valence-corrected chi connectivity index (χ2v) is 5.79. The highest BCUT2D eigenvalue weighted by Gasteiger charge is 2.16. The monoisotopic (exact) mass is 282 g/mol. The van der Waals surface area contributed by atoms with Crippen LogP contribution in [0.15, 0.2) is 10.9 Å². The van der Waals surface area contributed by atoms with Crippen LogP contribution in [0, 0.1) is 6.92 Å². The van der Waals surface area contributed by atoms with Crippen molar-refractivity contribution in [1.82, 2.24) is 9.97 Å². The summed E-state index contributed by atoms with van der Waals surface area (Å²) in [6.45, 7) is 5.93. The number of rotatable bonds is 4. The van der Waals surface area contributed by atoms with Crippen molar-refractivity contribution >= 4 is 38.7 Å². The Labute approximate surface area is 113 Å². The van der Waals surface area contributed by atoms with Gasteiger partial charge in [0.1, 0.15) is 5.00 Å². The zero-order valence-corrected chi connectivity index (χ0v) is 12.0. The molecule has 18 heavy (non-hydrogen) atoms. The lowest BCUT2D eigenvalue weighted by Crippen LogP contribution is -2.16. The molecule has 0 aliphatic heterocycles. The van der Waals surface area contributed by atoms with Gasteiger partial charge in [-0.15, -0.1) is 22.7 Å². The molecule has 2 rings (SSSR count). The van der Waals surface area contributed by atoms with E-state index in [1.807, 2.05) is 26.2 Å². The molecule has 1 amide bonds. The molecule has 0 aromatic carbocycles. The van der Waals surface area contributed by atoms with Crippen LogP contribution in [0.2, 0.25) is 0 Å². The number of carbonyl (C=O) groups is 1. The number of nitrogens with zero attached hydrogens (tertiary/aromatic N) is 2. The molecule has 0 saturated carbocycles. The van der Waals surface area contributed by atoms with Crippen LogP contribution in [0.25, 0.3) is 0 Å². The molecule has 7 heteroatoms. The number of amides is 1. The van der Waals surface area contributed by atoms with Crippen molar-refractivity contribution in [2.24, 2.45) is 0 Å². The fraction of sp³-hybridized carbons (Fsp3) is 0.364. The van der Waals surface area contributed by atoms with E-state index >= 15 is 0 Å². The van der Waals surface area contributed by atoms with Crippen molar-refractivity contribution < 1.29 is 4.79 Å². The quantitative estimate of drug-likeness (QED) is 0.904. The van der Waals surface area contributed by atoms with E-state index in [-0.39, 0.29) is 11.9 Å². The Bertz CT molecular complexity index is 547. The maximum absolute atomic E-state index is 12.0. The van der Waals surface area contributed by atoms with Gasteiger partial charge in [-0.3, -0.25) is 10.1 Å². The fourth-order valence-electron chi connectivity index (χ4n) is 1.34. The van der Waals surface area contributed by atoms with Crippen molar-refractivity contribution in [2.75, 3.05) is 10.6 Å². The molecule has 0 fully saturated rings. The van der Waals surface area contributed by atoms with Crippen LogP contribution in [0.1, 0.15) is 30.0 Å². The molecule has 0 unspecified atom stereocenters. The first-order chi connectivity index (χ1) is 8.56. The highest BCUT2D eigenvalue weighted by molar-refractivity contribution is 7.14. The molecule has 2 N–H and O–H groups in total. The Hall–Kier alpha value is -1.47. The van der Waals surface area contributed by atoms with Crippen molar-refractivity contribution in [2.45, 2.75) is 26.8 Å². The van der Waals surface area contributed by atoms with E-state index in [1.165, 1.54) is 22.7 Å². The molecule has 0 aliphatic rings. The predicted octanol–water partition coefficient (Wildman–Crippen LogP) is 2.98. The molecular weight excluding hydrogens is 268 g/mol. The maximum atomic E-state index is 12.0. The van der Waals surface area contributed by atoms with E-state index in [1.54, 1.807) is 5.51 Å². The SMILES string of the molecule is Cc1csc(NC(=O)c2ncsc2NC(C)C)n1. The van der Waals surface area contributed by atoms with E-state index in [4.69, 9.17) is 0 Å². The molecule has 2 aromatic rings. The second-order valence-electron chi connectivity index (χ2n) is 4.08. The molecule has 0 atom stereocenters. The van der Waals surface area contributed by atoms with Crippen molar-refractivity contribution in [1.29, 1.82) is 0 Å². The summed E-state index contributed by atoms with van der Waals surface area (Å²) in [5.74, 6) is -0.228. The zero-order valence-electron chi connectivity index (χ0n) is 10.4. The second kappa shape index (κ2) is 5.45. The summed E-state index contributed by atoms with van der Waals surface area (Å²) >= 11 is 2.83. The number of aryl methyl sites for hydroxylation is 1. The third-order valence-corrected chi connectivity index (χ3v) is 3.68. The topological polar surface area (TPSA) is 66.9 Å². The highest BCUT2D eigenvalue weighted by atomic mass is 32.1. The first-order valence-electron chi connectivity index (χ1n) is 5.49. The summed E-state index contributed by atoms with van der Waals surface area (Å²) in [5, 5.41) is 9.23. The van der Waals surface area contributed by atoms with E-state index in [0.29, 0.717) is 10.8 Å². The fourth-order valence-corrected chi connectivity index (χ4v) is 2.85. The summed E-state index contributed by atoms with van der Waals surface area (Å²) in [6, 6.07) is 0.263. The lowest BCUT2D eigenvalue weighted by molar-refractivity contribution is 0.102. The third-order valence-electron chi connectivity index (χ3n) is 2.04. The number of nitrogens with one attached hydrogen (secondary N) is 2. The van der Waals surface area contributed by atoms with E-state index in [9.17, 15) is 4.79 Å². The minimum atomic E-state index is -0.228. The molecule has 0 spiro atoms. The Morgan fingerprint density at radius 2 is 2.17 bits per heavy atom. The van der Waals surface area contributed by atoms with Crippen LogP contribution in [0.4, 0.5) is 10.1 Å². The maximum Gasteiger partial charge on any atom is 0.279 e. The van der Waals surface area contributed by atoms with Gasteiger partial charge in [-0.1, -0.05) is 0 Å². The summed E-state index contributed by atoms with van der Waals surface area (Å²) in [4.78, 5) is 20.3. The van der Waals surface area contributed by atoms with Crippen LogP contribution in [-0.4, -0.2) is 21.9 Å². The van der Waals surface area contributed by atoms with Gasteiger partial charge in [0.05, 0.1) is 11.2 Å². The molecule has 0 aliphatic carbocycles. The van der Waals surface area contributed by atoms with Crippen molar-refractivity contribution in [3.8, 4) is 0 Å². The van der Waals surface area contributed by atoms with Crippen LogP contribution in [-0.2, 0) is 0 Å². The van der Waals surface area contributed by atoms with Crippen molar-refractivity contribution in [3.05, 3.63) is 22.3 Å². The molecule has 5 nitrogen and oxygen atoms in total. The van der Waals surface area contributed by atoms with Gasteiger partial charge in [-0.25, -0.2) is 9.97 Å². The molecule has 0 radical (unpaired) electrons. The van der Waals surface area contributed by atoms with Gasteiger partial charge >= 0.3 is 0 Å². The number of aromatic nitrogens is 2. The Kier molecular flexibility index (Phi) is 3.93. The standard InChI is InChI=1S/C11H14N4OS2/c1-6(2)13-10-8(12-5-18-10)9(16)15-11-14-7(3)4-17-11/h4-6,13H,1-3H3,(H,14,15,16). The number of anilines is 2.